The second-order valence-corrected chi connectivity index (χ2v) is 5.73. The summed E-state index contributed by atoms with van der Waals surface area (Å²) in [5.41, 5.74) is 1.26. The third-order valence-corrected chi connectivity index (χ3v) is 4.23. The zero-order valence-corrected chi connectivity index (χ0v) is 12.7. The number of phenols is 1. The van der Waals surface area contributed by atoms with Crippen LogP contribution in [0.1, 0.15) is 24.4 Å². The molecule has 1 fully saturated rings. The predicted octanol–water partition coefficient (Wildman–Crippen LogP) is 3.07. The fourth-order valence-corrected chi connectivity index (χ4v) is 2.96. The van der Waals surface area contributed by atoms with Crippen molar-refractivity contribution in [2.75, 3.05) is 26.2 Å². The molecule has 0 amide bonds. The average molecular weight is 325 g/mol. The molecule has 19 heavy (non-hydrogen) atoms. The van der Waals surface area contributed by atoms with Crippen LogP contribution in [0.3, 0.4) is 0 Å². The lowest BCUT2D eigenvalue weighted by Gasteiger charge is -2.35. The number of allylic oxidation sites excluding steroid dienone is 1. The maximum atomic E-state index is 9.63. The van der Waals surface area contributed by atoms with Gasteiger partial charge in [-0.2, -0.15) is 0 Å². The summed E-state index contributed by atoms with van der Waals surface area (Å²) in [5, 5.41) is 13.0. The molecular weight excluding hydrogens is 304 g/mol. The van der Waals surface area contributed by atoms with E-state index in [9.17, 15) is 5.11 Å². The van der Waals surface area contributed by atoms with Crippen molar-refractivity contribution in [1.29, 1.82) is 0 Å². The summed E-state index contributed by atoms with van der Waals surface area (Å²) in [4.78, 5) is 2.51. The maximum Gasteiger partial charge on any atom is 0.129 e. The summed E-state index contributed by atoms with van der Waals surface area (Å²) < 4.78 is 0.767. The molecule has 3 nitrogen and oxygen atoms in total. The number of nitrogens with zero attached hydrogens (tertiary/aromatic N) is 1. The Balaban J connectivity index is 2.19. The smallest absolute Gasteiger partial charge is 0.129 e. The van der Waals surface area contributed by atoms with E-state index in [0.717, 1.165) is 43.5 Å². The monoisotopic (exact) mass is 324 g/mol. The summed E-state index contributed by atoms with van der Waals surface area (Å²) in [7, 11) is 0. The summed E-state index contributed by atoms with van der Waals surface area (Å²) in [6.07, 6.45) is 4.05. The Morgan fingerprint density at radius 1 is 1.42 bits per heavy atom. The van der Waals surface area contributed by atoms with E-state index in [4.69, 9.17) is 0 Å². The van der Waals surface area contributed by atoms with Gasteiger partial charge in [-0.1, -0.05) is 12.1 Å². The third-order valence-electron chi connectivity index (χ3n) is 3.59. The molecule has 0 unspecified atom stereocenters. The number of benzene rings is 1. The molecule has 1 heterocycles. The quantitative estimate of drug-likeness (QED) is 0.817. The van der Waals surface area contributed by atoms with Gasteiger partial charge in [0.1, 0.15) is 5.75 Å². The molecule has 4 heteroatoms. The van der Waals surface area contributed by atoms with E-state index in [0.29, 0.717) is 11.8 Å². The zero-order chi connectivity index (χ0) is 13.7. The molecule has 2 rings (SSSR count). The SMILES string of the molecule is C=CCC[C@@H](c1ccc(O)c(Br)c1)N1CCNCC1. The van der Waals surface area contributed by atoms with Gasteiger partial charge in [-0.25, -0.2) is 0 Å². The van der Waals surface area contributed by atoms with Crippen LogP contribution in [0.15, 0.2) is 35.3 Å². The van der Waals surface area contributed by atoms with E-state index in [1.165, 1.54) is 5.56 Å². The highest BCUT2D eigenvalue weighted by molar-refractivity contribution is 9.10. The van der Waals surface area contributed by atoms with Gasteiger partial charge in [-0.05, 0) is 46.5 Å². The first kappa shape index (κ1) is 14.6. The minimum absolute atomic E-state index is 0.298. The van der Waals surface area contributed by atoms with Gasteiger partial charge >= 0.3 is 0 Å². The van der Waals surface area contributed by atoms with Gasteiger partial charge in [0.15, 0.2) is 0 Å². The highest BCUT2D eigenvalue weighted by atomic mass is 79.9. The third kappa shape index (κ3) is 3.81. The van der Waals surface area contributed by atoms with Crippen LogP contribution in [-0.4, -0.2) is 36.2 Å². The molecular formula is C15H21BrN2O. The highest BCUT2D eigenvalue weighted by Gasteiger charge is 2.22. The summed E-state index contributed by atoms with van der Waals surface area (Å²) in [6, 6.07) is 6.22. The van der Waals surface area contributed by atoms with Crippen molar-refractivity contribution >= 4 is 15.9 Å². The topological polar surface area (TPSA) is 35.5 Å². The van der Waals surface area contributed by atoms with E-state index >= 15 is 0 Å². The van der Waals surface area contributed by atoms with Crippen LogP contribution in [0, 0.1) is 0 Å². The molecule has 0 aromatic heterocycles. The first-order chi connectivity index (χ1) is 9.22. The highest BCUT2D eigenvalue weighted by Crippen LogP contribution is 2.32. The molecule has 0 aliphatic carbocycles. The lowest BCUT2D eigenvalue weighted by atomic mass is 9.99. The Bertz CT molecular complexity index is 430. The lowest BCUT2D eigenvalue weighted by molar-refractivity contribution is 0.166. The molecule has 1 saturated heterocycles. The summed E-state index contributed by atoms with van der Waals surface area (Å²) in [6.45, 7) is 8.05. The van der Waals surface area contributed by atoms with Gasteiger partial charge in [0.2, 0.25) is 0 Å². The molecule has 0 radical (unpaired) electrons. The molecule has 104 valence electrons. The van der Waals surface area contributed by atoms with E-state index in [2.05, 4.69) is 32.7 Å². The van der Waals surface area contributed by atoms with Crippen molar-refractivity contribution in [3.05, 3.63) is 40.9 Å². The van der Waals surface area contributed by atoms with Gasteiger partial charge in [0.25, 0.3) is 0 Å². The van der Waals surface area contributed by atoms with Crippen molar-refractivity contribution in [3.63, 3.8) is 0 Å². The van der Waals surface area contributed by atoms with Crippen molar-refractivity contribution in [2.24, 2.45) is 0 Å². The number of phenolic OH excluding ortho intramolecular Hbond substituents is 1. The van der Waals surface area contributed by atoms with Gasteiger partial charge in [0.05, 0.1) is 4.47 Å². The van der Waals surface area contributed by atoms with Crippen molar-refractivity contribution in [3.8, 4) is 5.75 Å². The molecule has 1 aromatic carbocycles. The summed E-state index contributed by atoms with van der Waals surface area (Å²) >= 11 is 3.41. The van der Waals surface area contributed by atoms with Gasteiger partial charge in [-0.3, -0.25) is 4.90 Å². The Kier molecular flexibility index (Phi) is 5.43. The van der Waals surface area contributed by atoms with Gasteiger partial charge < -0.3 is 10.4 Å². The molecule has 0 spiro atoms. The predicted molar refractivity (Wildman–Crippen MR) is 82.4 cm³/mol. The largest absolute Gasteiger partial charge is 0.507 e. The molecule has 1 aliphatic heterocycles. The van der Waals surface area contributed by atoms with Crippen molar-refractivity contribution in [1.82, 2.24) is 10.2 Å². The first-order valence-electron chi connectivity index (χ1n) is 6.76. The fourth-order valence-electron chi connectivity index (χ4n) is 2.56. The first-order valence-corrected chi connectivity index (χ1v) is 7.55. The van der Waals surface area contributed by atoms with E-state index in [1.54, 1.807) is 6.07 Å². The normalized spacial score (nSPS) is 18.2. The van der Waals surface area contributed by atoms with Crippen LogP contribution in [0.5, 0.6) is 5.75 Å². The van der Waals surface area contributed by atoms with Crippen molar-refractivity contribution < 1.29 is 5.11 Å². The van der Waals surface area contributed by atoms with E-state index < -0.39 is 0 Å². The van der Waals surface area contributed by atoms with Crippen LogP contribution < -0.4 is 5.32 Å². The Morgan fingerprint density at radius 2 is 2.16 bits per heavy atom. The van der Waals surface area contributed by atoms with Crippen LogP contribution >= 0.6 is 15.9 Å². The van der Waals surface area contributed by atoms with Gasteiger partial charge in [-0.15, -0.1) is 6.58 Å². The van der Waals surface area contributed by atoms with E-state index in [1.807, 2.05) is 18.2 Å². The molecule has 0 bridgehead atoms. The van der Waals surface area contributed by atoms with E-state index in [-0.39, 0.29) is 0 Å². The molecule has 1 aromatic rings. The van der Waals surface area contributed by atoms with Crippen LogP contribution in [-0.2, 0) is 0 Å². The number of aromatic hydroxyl groups is 1. The maximum absolute atomic E-state index is 9.63. The number of hydrogen-bond acceptors (Lipinski definition) is 3. The fraction of sp³-hybridized carbons (Fsp3) is 0.467. The summed E-state index contributed by atoms with van der Waals surface area (Å²) in [5.74, 6) is 0.298. The lowest BCUT2D eigenvalue weighted by Crippen LogP contribution is -2.45. The van der Waals surface area contributed by atoms with Crippen molar-refractivity contribution in [2.45, 2.75) is 18.9 Å². The van der Waals surface area contributed by atoms with Crippen LogP contribution in [0.2, 0.25) is 0 Å². The standard InChI is InChI=1S/C15H21BrN2O/c1-2-3-4-14(18-9-7-17-8-10-18)12-5-6-15(19)13(16)11-12/h2,5-6,11,14,17,19H,1,3-4,7-10H2/t14-/m0/s1. The zero-order valence-electron chi connectivity index (χ0n) is 11.1. The number of halogens is 1. The van der Waals surface area contributed by atoms with Gasteiger partial charge in [0, 0.05) is 32.2 Å². The Morgan fingerprint density at radius 3 is 2.79 bits per heavy atom. The minimum atomic E-state index is 0.298. The molecule has 2 N–H and O–H groups in total. The molecule has 1 atom stereocenters. The number of rotatable bonds is 5. The van der Waals surface area contributed by atoms with Crippen LogP contribution in [0.25, 0.3) is 0 Å². The number of piperazine rings is 1. The molecule has 0 saturated carbocycles. The average Bonchev–Trinajstić information content (AvgIpc) is 2.44. The van der Waals surface area contributed by atoms with Crippen LogP contribution in [0.4, 0.5) is 0 Å². The second kappa shape index (κ2) is 7.08. The second-order valence-electron chi connectivity index (χ2n) is 4.88. The number of hydrogen-bond donors (Lipinski definition) is 2. The Labute approximate surface area is 123 Å². The Hall–Kier alpha value is -0.840. The molecule has 1 aliphatic rings. The number of nitrogens with one attached hydrogen (secondary N) is 1. The minimum Gasteiger partial charge on any atom is -0.507 e.